The van der Waals surface area contributed by atoms with E-state index in [4.69, 9.17) is 5.11 Å². The molecule has 1 heterocycles. The van der Waals surface area contributed by atoms with Gasteiger partial charge in [-0.15, -0.1) is 11.3 Å². The van der Waals surface area contributed by atoms with E-state index in [2.05, 4.69) is 15.2 Å². The summed E-state index contributed by atoms with van der Waals surface area (Å²) in [6, 6.07) is 0.430. The molecule has 0 spiro atoms. The van der Waals surface area contributed by atoms with E-state index in [1.54, 1.807) is 6.20 Å². The third kappa shape index (κ3) is 4.29. The van der Waals surface area contributed by atoms with Gasteiger partial charge in [0, 0.05) is 18.6 Å². The van der Waals surface area contributed by atoms with Gasteiger partial charge in [-0.05, 0) is 38.0 Å². The van der Waals surface area contributed by atoms with Gasteiger partial charge in [-0.1, -0.05) is 6.92 Å². The quantitative estimate of drug-likeness (QED) is 0.755. The molecule has 3 rings (SSSR count). The Morgan fingerprint density at radius 1 is 1.43 bits per heavy atom. The van der Waals surface area contributed by atoms with Crippen LogP contribution in [0.25, 0.3) is 0 Å². The molecule has 1 aromatic heterocycles. The lowest BCUT2D eigenvalue weighted by molar-refractivity contribution is -0.139. The number of carbonyl (C=O) groups excluding carboxylic acids is 1. The first-order chi connectivity index (χ1) is 11.0. The Morgan fingerprint density at radius 2 is 2.17 bits per heavy atom. The van der Waals surface area contributed by atoms with Gasteiger partial charge < -0.3 is 10.4 Å². The molecule has 0 unspecified atom stereocenters. The van der Waals surface area contributed by atoms with E-state index < -0.39 is 5.97 Å². The maximum absolute atomic E-state index is 12.2. The van der Waals surface area contributed by atoms with Crippen LogP contribution in [0, 0.1) is 5.92 Å². The molecule has 2 aliphatic carbocycles. The van der Waals surface area contributed by atoms with E-state index in [0.29, 0.717) is 10.8 Å². The molecule has 1 amide bonds. The summed E-state index contributed by atoms with van der Waals surface area (Å²) >= 11 is 1.44. The van der Waals surface area contributed by atoms with Crippen molar-refractivity contribution in [2.45, 2.75) is 51.1 Å². The summed E-state index contributed by atoms with van der Waals surface area (Å²) in [5, 5.41) is 13.1. The van der Waals surface area contributed by atoms with Crippen molar-refractivity contribution in [2.24, 2.45) is 5.92 Å². The Balaban J connectivity index is 1.47. The molecule has 23 heavy (non-hydrogen) atoms. The van der Waals surface area contributed by atoms with Crippen LogP contribution in [0.2, 0.25) is 0 Å². The minimum absolute atomic E-state index is 0.0578. The van der Waals surface area contributed by atoms with Gasteiger partial charge in [0.1, 0.15) is 4.88 Å². The number of carboxylic acid groups (broad SMARTS) is 1. The van der Waals surface area contributed by atoms with Crippen molar-refractivity contribution in [2.75, 3.05) is 13.1 Å². The number of aliphatic carboxylic acids is 1. The van der Waals surface area contributed by atoms with Crippen molar-refractivity contribution in [1.29, 1.82) is 0 Å². The van der Waals surface area contributed by atoms with Crippen LogP contribution in [0.5, 0.6) is 0 Å². The highest BCUT2D eigenvalue weighted by molar-refractivity contribution is 7.13. The third-order valence-electron chi connectivity index (χ3n) is 4.57. The number of hydrogen-bond acceptors (Lipinski definition) is 5. The summed E-state index contributed by atoms with van der Waals surface area (Å²) in [4.78, 5) is 30.1. The maximum atomic E-state index is 12.2. The van der Waals surface area contributed by atoms with E-state index in [1.165, 1.54) is 24.2 Å². The molecular weight excluding hydrogens is 314 g/mol. The Labute approximate surface area is 139 Å². The van der Waals surface area contributed by atoms with Crippen LogP contribution in [-0.2, 0) is 11.2 Å². The fraction of sp³-hybridized carbons (Fsp3) is 0.688. The standard InChI is InChI=1S/C16H23N3O3S/c1-2-14-17-7-13(23-14)16(22)18-11-5-12(6-11)19(9-15(20)21)8-10-3-4-10/h7,10-12H,2-6,8-9H2,1H3,(H,18,22)(H,20,21). The second-order valence-electron chi connectivity index (χ2n) is 6.53. The van der Waals surface area contributed by atoms with E-state index in [9.17, 15) is 9.59 Å². The molecular formula is C16H23N3O3S. The number of carboxylic acids is 1. The first kappa shape index (κ1) is 16.4. The van der Waals surface area contributed by atoms with Gasteiger partial charge in [-0.25, -0.2) is 4.98 Å². The predicted octanol–water partition coefficient (Wildman–Crippen LogP) is 1.76. The summed E-state index contributed by atoms with van der Waals surface area (Å²) in [6.07, 6.45) is 6.59. The van der Waals surface area contributed by atoms with E-state index in [-0.39, 0.29) is 24.5 Å². The Kier molecular flexibility index (Phi) is 4.96. The first-order valence-electron chi connectivity index (χ1n) is 8.26. The van der Waals surface area contributed by atoms with Crippen molar-refractivity contribution in [1.82, 2.24) is 15.2 Å². The number of thiazole rings is 1. The Bertz CT molecular complexity index is 579. The normalized spacial score (nSPS) is 23.6. The fourth-order valence-electron chi connectivity index (χ4n) is 2.99. The second kappa shape index (κ2) is 6.97. The molecule has 2 N–H and O–H groups in total. The number of rotatable bonds is 8. The van der Waals surface area contributed by atoms with Crippen molar-refractivity contribution in [3.05, 3.63) is 16.1 Å². The zero-order chi connectivity index (χ0) is 16.4. The van der Waals surface area contributed by atoms with Gasteiger partial charge in [0.25, 0.3) is 5.91 Å². The molecule has 2 fully saturated rings. The number of amides is 1. The lowest BCUT2D eigenvalue weighted by Crippen LogP contribution is -2.55. The molecule has 2 saturated carbocycles. The molecule has 126 valence electrons. The largest absolute Gasteiger partial charge is 0.480 e. The van der Waals surface area contributed by atoms with Crippen molar-refractivity contribution in [3.8, 4) is 0 Å². The third-order valence-corrected chi connectivity index (χ3v) is 5.71. The molecule has 0 atom stereocenters. The average Bonchev–Trinajstić information content (AvgIpc) is 3.14. The van der Waals surface area contributed by atoms with Gasteiger partial charge in [0.05, 0.1) is 17.7 Å². The zero-order valence-electron chi connectivity index (χ0n) is 13.3. The molecule has 0 bridgehead atoms. The molecule has 0 aliphatic heterocycles. The molecule has 0 radical (unpaired) electrons. The van der Waals surface area contributed by atoms with Crippen LogP contribution >= 0.6 is 11.3 Å². The highest BCUT2D eigenvalue weighted by atomic mass is 32.1. The summed E-state index contributed by atoms with van der Waals surface area (Å²) in [5.74, 6) is -0.153. The fourth-order valence-corrected chi connectivity index (χ4v) is 3.75. The molecule has 6 nitrogen and oxygen atoms in total. The van der Waals surface area contributed by atoms with Crippen molar-refractivity contribution in [3.63, 3.8) is 0 Å². The maximum Gasteiger partial charge on any atom is 0.317 e. The van der Waals surface area contributed by atoms with Gasteiger partial charge >= 0.3 is 5.97 Å². The summed E-state index contributed by atoms with van der Waals surface area (Å²) in [5.41, 5.74) is 0. The number of aromatic nitrogens is 1. The molecule has 0 saturated heterocycles. The average molecular weight is 337 g/mol. The summed E-state index contributed by atoms with van der Waals surface area (Å²) in [6.45, 7) is 3.01. The Hall–Kier alpha value is -1.47. The number of nitrogens with one attached hydrogen (secondary N) is 1. The number of nitrogens with zero attached hydrogens (tertiary/aromatic N) is 2. The van der Waals surface area contributed by atoms with Gasteiger partial charge in [-0.2, -0.15) is 0 Å². The topological polar surface area (TPSA) is 82.5 Å². The minimum atomic E-state index is -0.769. The number of aryl methyl sites for hydroxylation is 1. The highest BCUT2D eigenvalue weighted by Crippen LogP contribution is 2.33. The van der Waals surface area contributed by atoms with Gasteiger partial charge in [-0.3, -0.25) is 14.5 Å². The molecule has 2 aliphatic rings. The van der Waals surface area contributed by atoms with Crippen LogP contribution < -0.4 is 5.32 Å². The molecule has 0 aromatic carbocycles. The highest BCUT2D eigenvalue weighted by Gasteiger charge is 2.37. The van der Waals surface area contributed by atoms with E-state index >= 15 is 0 Å². The first-order valence-corrected chi connectivity index (χ1v) is 9.08. The number of carbonyl (C=O) groups is 2. The smallest absolute Gasteiger partial charge is 0.317 e. The predicted molar refractivity (Wildman–Crippen MR) is 87.7 cm³/mol. The SMILES string of the molecule is CCc1ncc(C(=O)NC2CC(N(CC(=O)O)CC3CC3)C2)s1. The Morgan fingerprint density at radius 3 is 2.74 bits per heavy atom. The van der Waals surface area contributed by atoms with Crippen molar-refractivity contribution < 1.29 is 14.7 Å². The molecule has 1 aromatic rings. The lowest BCUT2D eigenvalue weighted by Gasteiger charge is -2.42. The summed E-state index contributed by atoms with van der Waals surface area (Å²) < 4.78 is 0. The lowest BCUT2D eigenvalue weighted by atomic mass is 9.85. The second-order valence-corrected chi connectivity index (χ2v) is 7.65. The minimum Gasteiger partial charge on any atom is -0.480 e. The summed E-state index contributed by atoms with van der Waals surface area (Å²) in [7, 11) is 0. The van der Waals surface area contributed by atoms with Crippen molar-refractivity contribution >= 4 is 23.2 Å². The van der Waals surface area contributed by atoms with E-state index in [0.717, 1.165) is 30.8 Å². The van der Waals surface area contributed by atoms with Gasteiger partial charge in [0.15, 0.2) is 0 Å². The van der Waals surface area contributed by atoms with Crippen LogP contribution in [0.4, 0.5) is 0 Å². The monoisotopic (exact) mass is 337 g/mol. The van der Waals surface area contributed by atoms with Crippen LogP contribution in [0.15, 0.2) is 6.20 Å². The van der Waals surface area contributed by atoms with E-state index in [1.807, 2.05) is 6.92 Å². The molecule has 7 heteroatoms. The zero-order valence-corrected chi connectivity index (χ0v) is 14.1. The van der Waals surface area contributed by atoms with Gasteiger partial charge in [0.2, 0.25) is 0 Å². The van der Waals surface area contributed by atoms with Crippen LogP contribution in [0.3, 0.4) is 0 Å². The number of hydrogen-bond donors (Lipinski definition) is 2. The van der Waals surface area contributed by atoms with Crippen LogP contribution in [-0.4, -0.2) is 52.0 Å². The van der Waals surface area contributed by atoms with Crippen LogP contribution in [0.1, 0.15) is 47.3 Å².